The third kappa shape index (κ3) is 3.96. The molecular weight excluding hydrogens is 368 g/mol. The van der Waals surface area contributed by atoms with Crippen molar-refractivity contribution in [2.24, 2.45) is 0 Å². The minimum absolute atomic E-state index is 0.0370. The first-order valence-corrected chi connectivity index (χ1v) is 9.67. The molecule has 0 N–H and O–H groups in total. The van der Waals surface area contributed by atoms with E-state index in [9.17, 15) is 18.4 Å². The fraction of sp³-hybridized carbons (Fsp3) is 0.333. The molecular formula is C21H21F2NO2S. The van der Waals surface area contributed by atoms with Crippen molar-refractivity contribution in [1.29, 1.82) is 0 Å². The van der Waals surface area contributed by atoms with Crippen LogP contribution in [0.2, 0.25) is 0 Å². The molecule has 0 bridgehead atoms. The van der Waals surface area contributed by atoms with Crippen LogP contribution in [0, 0.1) is 11.6 Å². The zero-order valence-corrected chi connectivity index (χ0v) is 16.2. The largest absolute Gasteiger partial charge is 0.289 e. The molecule has 1 heterocycles. The average Bonchev–Trinajstić information content (AvgIpc) is 2.65. The first-order chi connectivity index (χ1) is 12.8. The molecule has 2 aromatic rings. The van der Waals surface area contributed by atoms with E-state index in [2.05, 4.69) is 0 Å². The second kappa shape index (κ2) is 7.90. The Morgan fingerprint density at radius 1 is 1.04 bits per heavy atom. The highest BCUT2D eigenvalue weighted by Gasteiger charge is 2.41. The zero-order valence-electron chi connectivity index (χ0n) is 15.4. The van der Waals surface area contributed by atoms with E-state index in [4.69, 9.17) is 0 Å². The minimum atomic E-state index is -0.699. The smallest absolute Gasteiger partial charge is 0.218 e. The summed E-state index contributed by atoms with van der Waals surface area (Å²) in [5.41, 5.74) is 1.22. The van der Waals surface area contributed by atoms with Gasteiger partial charge in [0, 0.05) is 12.1 Å². The van der Waals surface area contributed by atoms with E-state index in [1.165, 1.54) is 24.1 Å². The van der Waals surface area contributed by atoms with Crippen LogP contribution in [0.1, 0.15) is 48.6 Å². The SMILES string of the molecule is CC(C)c1cc(F)c(CN2S[C@H](c3ccccc3)C(=O)C(=O)[C@@H]2C)cc1F. The molecule has 0 amide bonds. The van der Waals surface area contributed by atoms with Gasteiger partial charge < -0.3 is 0 Å². The molecule has 3 rings (SSSR count). The van der Waals surface area contributed by atoms with Crippen molar-refractivity contribution in [1.82, 2.24) is 4.31 Å². The van der Waals surface area contributed by atoms with E-state index in [1.807, 2.05) is 6.07 Å². The molecule has 1 saturated heterocycles. The van der Waals surface area contributed by atoms with E-state index in [1.54, 1.807) is 49.3 Å². The van der Waals surface area contributed by atoms with Gasteiger partial charge in [0.25, 0.3) is 0 Å². The molecule has 1 aliphatic heterocycles. The lowest BCUT2D eigenvalue weighted by atomic mass is 9.99. The molecule has 0 radical (unpaired) electrons. The molecule has 2 aromatic carbocycles. The summed E-state index contributed by atoms with van der Waals surface area (Å²) in [5.74, 6) is -2.07. The monoisotopic (exact) mass is 389 g/mol. The third-order valence-electron chi connectivity index (χ3n) is 4.75. The first kappa shape index (κ1) is 19.7. The van der Waals surface area contributed by atoms with Crippen LogP contribution in [0.5, 0.6) is 0 Å². The van der Waals surface area contributed by atoms with Crippen LogP contribution < -0.4 is 0 Å². The molecule has 0 saturated carbocycles. The van der Waals surface area contributed by atoms with Crippen molar-refractivity contribution in [2.45, 2.75) is 44.5 Å². The van der Waals surface area contributed by atoms with E-state index < -0.39 is 34.5 Å². The Labute approximate surface area is 161 Å². The van der Waals surface area contributed by atoms with Crippen molar-refractivity contribution in [2.75, 3.05) is 0 Å². The van der Waals surface area contributed by atoms with Crippen molar-refractivity contribution < 1.29 is 18.4 Å². The highest BCUT2D eigenvalue weighted by atomic mass is 32.2. The maximum Gasteiger partial charge on any atom is 0.218 e. The molecule has 0 aliphatic carbocycles. The van der Waals surface area contributed by atoms with Crippen LogP contribution in [-0.4, -0.2) is 21.9 Å². The van der Waals surface area contributed by atoms with E-state index in [-0.39, 0.29) is 18.0 Å². The van der Waals surface area contributed by atoms with Gasteiger partial charge in [0.2, 0.25) is 11.6 Å². The Hall–Kier alpha value is -2.05. The van der Waals surface area contributed by atoms with Crippen LogP contribution in [-0.2, 0) is 16.1 Å². The number of benzene rings is 2. The average molecular weight is 389 g/mol. The summed E-state index contributed by atoms with van der Waals surface area (Å²) >= 11 is 1.20. The number of ketones is 2. The maximum absolute atomic E-state index is 14.5. The molecule has 2 atom stereocenters. The molecule has 3 nitrogen and oxygen atoms in total. The molecule has 0 unspecified atom stereocenters. The topological polar surface area (TPSA) is 37.4 Å². The van der Waals surface area contributed by atoms with Gasteiger partial charge in [-0.2, -0.15) is 0 Å². The summed E-state index contributed by atoms with van der Waals surface area (Å²) < 4.78 is 30.5. The van der Waals surface area contributed by atoms with Gasteiger partial charge in [-0.15, -0.1) is 0 Å². The van der Waals surface area contributed by atoms with Crippen molar-refractivity contribution in [3.05, 3.63) is 70.8 Å². The lowest BCUT2D eigenvalue weighted by Gasteiger charge is -2.35. The highest BCUT2D eigenvalue weighted by Crippen LogP contribution is 2.40. The minimum Gasteiger partial charge on any atom is -0.289 e. The van der Waals surface area contributed by atoms with Gasteiger partial charge >= 0.3 is 0 Å². The van der Waals surface area contributed by atoms with Gasteiger partial charge in [-0.05, 0) is 36.1 Å². The second-order valence-electron chi connectivity index (χ2n) is 7.00. The number of halogens is 2. The number of hydrogen-bond acceptors (Lipinski definition) is 4. The second-order valence-corrected chi connectivity index (χ2v) is 8.15. The summed E-state index contributed by atoms with van der Waals surface area (Å²) in [4.78, 5) is 24.9. The summed E-state index contributed by atoms with van der Waals surface area (Å²) in [6.07, 6.45) is 0. The summed E-state index contributed by atoms with van der Waals surface area (Å²) in [7, 11) is 0. The Morgan fingerprint density at radius 2 is 1.70 bits per heavy atom. The fourth-order valence-corrected chi connectivity index (χ4v) is 4.34. The van der Waals surface area contributed by atoms with Gasteiger partial charge in [0.05, 0.1) is 6.04 Å². The quantitative estimate of drug-likeness (QED) is 0.555. The number of carbonyl (C=O) groups excluding carboxylic acids is 2. The van der Waals surface area contributed by atoms with Crippen LogP contribution in [0.15, 0.2) is 42.5 Å². The molecule has 0 aromatic heterocycles. The number of nitrogens with zero attached hydrogens (tertiary/aromatic N) is 1. The molecule has 6 heteroatoms. The zero-order chi connectivity index (χ0) is 19.7. The molecule has 0 spiro atoms. The third-order valence-corrected chi connectivity index (χ3v) is 6.16. The van der Waals surface area contributed by atoms with Crippen molar-refractivity contribution >= 4 is 23.5 Å². The molecule has 27 heavy (non-hydrogen) atoms. The van der Waals surface area contributed by atoms with Crippen molar-refractivity contribution in [3.8, 4) is 0 Å². The van der Waals surface area contributed by atoms with Gasteiger partial charge in [-0.3, -0.25) is 9.59 Å². The fourth-order valence-electron chi connectivity index (χ4n) is 3.09. The predicted molar refractivity (Wildman–Crippen MR) is 102 cm³/mol. The van der Waals surface area contributed by atoms with E-state index in [0.29, 0.717) is 5.56 Å². The first-order valence-electron chi connectivity index (χ1n) is 8.83. The number of Topliss-reactive ketones (excluding diaryl/α,β-unsaturated/α-hetero) is 2. The lowest BCUT2D eigenvalue weighted by Crippen LogP contribution is -2.45. The number of carbonyl (C=O) groups is 2. The summed E-state index contributed by atoms with van der Waals surface area (Å²) in [5, 5.41) is -0.669. The van der Waals surface area contributed by atoms with Gasteiger partial charge in [0.15, 0.2) is 0 Å². The standard InChI is InChI=1S/C21H21F2NO2S/c1-12(2)16-10-17(22)15(9-18(16)23)11-24-13(3)19(25)20(26)21(27-24)14-7-5-4-6-8-14/h4-10,12-13,21H,11H2,1-3H3/t13-,21+/m0/s1. The molecule has 1 fully saturated rings. The summed E-state index contributed by atoms with van der Waals surface area (Å²) in [6.45, 7) is 5.25. The van der Waals surface area contributed by atoms with Gasteiger partial charge in [-0.25, -0.2) is 13.1 Å². The Morgan fingerprint density at radius 3 is 2.33 bits per heavy atom. The van der Waals surface area contributed by atoms with E-state index >= 15 is 0 Å². The highest BCUT2D eigenvalue weighted by molar-refractivity contribution is 7.98. The normalized spacial score (nSPS) is 21.1. The van der Waals surface area contributed by atoms with Gasteiger partial charge in [-0.1, -0.05) is 56.1 Å². The predicted octanol–water partition coefficient (Wildman–Crippen LogP) is 4.82. The van der Waals surface area contributed by atoms with Crippen LogP contribution >= 0.6 is 11.9 Å². The number of hydrogen-bond donors (Lipinski definition) is 0. The Balaban J connectivity index is 1.89. The molecule has 1 aliphatic rings. The Bertz CT molecular complexity index is 870. The van der Waals surface area contributed by atoms with Crippen molar-refractivity contribution in [3.63, 3.8) is 0 Å². The summed E-state index contributed by atoms with van der Waals surface area (Å²) in [6, 6.07) is 10.7. The number of rotatable bonds is 4. The van der Waals surface area contributed by atoms with E-state index in [0.717, 1.165) is 5.56 Å². The van der Waals surface area contributed by atoms with Gasteiger partial charge in [0.1, 0.15) is 16.9 Å². The lowest BCUT2D eigenvalue weighted by molar-refractivity contribution is -0.139. The maximum atomic E-state index is 14.5. The van der Waals surface area contributed by atoms with Crippen LogP contribution in [0.3, 0.4) is 0 Å². The molecule has 142 valence electrons. The van der Waals surface area contributed by atoms with Crippen LogP contribution in [0.25, 0.3) is 0 Å². The van der Waals surface area contributed by atoms with Crippen LogP contribution in [0.4, 0.5) is 8.78 Å². The Kier molecular flexibility index (Phi) is 5.77.